The maximum atomic E-state index is 2.36. The Kier molecular flexibility index (Phi) is 5.10. The van der Waals surface area contributed by atoms with Crippen LogP contribution < -0.4 is 9.80 Å². The lowest BCUT2D eigenvalue weighted by Crippen LogP contribution is -2.15. The molecule has 2 heteroatoms. The van der Waals surface area contributed by atoms with Gasteiger partial charge >= 0.3 is 0 Å². The second kappa shape index (κ2) is 8.73. The molecule has 36 heavy (non-hydrogen) atoms. The van der Waals surface area contributed by atoms with Crippen LogP contribution in [-0.2, 0) is 25.7 Å². The van der Waals surface area contributed by atoms with Gasteiger partial charge in [0.1, 0.15) is 0 Å². The first-order chi connectivity index (χ1) is 17.8. The molecule has 7 rings (SSSR count). The van der Waals surface area contributed by atoms with Crippen molar-refractivity contribution < 1.29 is 0 Å². The van der Waals surface area contributed by atoms with E-state index in [4.69, 9.17) is 0 Å². The van der Waals surface area contributed by atoms with Gasteiger partial charge in [-0.25, -0.2) is 0 Å². The van der Waals surface area contributed by atoms with Crippen molar-refractivity contribution in [3.63, 3.8) is 0 Å². The van der Waals surface area contributed by atoms with Crippen molar-refractivity contribution in [2.75, 3.05) is 9.80 Å². The Bertz CT molecular complexity index is 1400. The zero-order valence-electron chi connectivity index (χ0n) is 20.3. The maximum absolute atomic E-state index is 2.36. The van der Waals surface area contributed by atoms with E-state index in [-0.39, 0.29) is 0 Å². The van der Waals surface area contributed by atoms with Gasteiger partial charge in [-0.15, -0.1) is 0 Å². The number of para-hydroxylation sites is 2. The lowest BCUT2D eigenvalue weighted by atomic mass is 9.88. The Labute approximate surface area is 213 Å². The van der Waals surface area contributed by atoms with Crippen LogP contribution in [0.3, 0.4) is 0 Å². The largest absolute Gasteiger partial charge is 0.310 e. The predicted octanol–water partition coefficient (Wildman–Crippen LogP) is 8.82. The van der Waals surface area contributed by atoms with Crippen LogP contribution in [0.1, 0.15) is 22.3 Å². The molecule has 0 atom stereocenters. The molecule has 0 heterocycles. The molecule has 0 spiro atoms. The van der Waals surface area contributed by atoms with Gasteiger partial charge in [0.25, 0.3) is 0 Å². The summed E-state index contributed by atoms with van der Waals surface area (Å²) >= 11 is 0. The standard InChI is InChI=1S/C34H28N2/c1-3-7-29(8-4-1)35(33-17-15-25-11-13-27(25)23-33)31-19-21-32(22-20-31)36(30-9-5-2-6-10-30)34-18-16-26-12-14-28(26)24-34/h1-10,15-24H,11-14H2. The van der Waals surface area contributed by atoms with Crippen LogP contribution in [0.15, 0.2) is 121 Å². The molecule has 0 saturated carbocycles. The number of nitrogens with zero attached hydrogens (tertiary/aromatic N) is 2. The van der Waals surface area contributed by atoms with E-state index in [1.807, 2.05) is 0 Å². The van der Waals surface area contributed by atoms with Gasteiger partial charge in [0.05, 0.1) is 0 Å². The minimum Gasteiger partial charge on any atom is -0.310 e. The fraction of sp³-hybridized carbons (Fsp3) is 0.118. The highest BCUT2D eigenvalue weighted by molar-refractivity contribution is 5.81. The van der Waals surface area contributed by atoms with Crippen LogP contribution >= 0.6 is 0 Å². The molecule has 0 aromatic heterocycles. The molecule has 0 aliphatic heterocycles. The van der Waals surface area contributed by atoms with Crippen molar-refractivity contribution in [1.82, 2.24) is 0 Å². The zero-order chi connectivity index (χ0) is 23.9. The van der Waals surface area contributed by atoms with E-state index >= 15 is 0 Å². The summed E-state index contributed by atoms with van der Waals surface area (Å²) in [5.74, 6) is 0. The summed E-state index contributed by atoms with van der Waals surface area (Å²) in [7, 11) is 0. The Morgan fingerprint density at radius 2 is 0.639 bits per heavy atom. The molecule has 174 valence electrons. The Balaban J connectivity index is 1.30. The van der Waals surface area contributed by atoms with E-state index < -0.39 is 0 Å². The number of benzene rings is 5. The van der Waals surface area contributed by atoms with Crippen LogP contribution in [0.2, 0.25) is 0 Å². The number of hydrogen-bond acceptors (Lipinski definition) is 2. The van der Waals surface area contributed by atoms with Gasteiger partial charge in [0.15, 0.2) is 0 Å². The minimum atomic E-state index is 1.16. The summed E-state index contributed by atoms with van der Waals surface area (Å²) in [5, 5.41) is 0. The summed E-state index contributed by atoms with van der Waals surface area (Å²) in [6.07, 6.45) is 4.76. The van der Waals surface area contributed by atoms with E-state index in [1.165, 1.54) is 70.7 Å². The van der Waals surface area contributed by atoms with E-state index in [0.29, 0.717) is 0 Å². The highest BCUT2D eigenvalue weighted by Gasteiger charge is 2.20. The summed E-state index contributed by atoms with van der Waals surface area (Å²) in [6, 6.07) is 44.2. The third-order valence-electron chi connectivity index (χ3n) is 7.62. The second-order valence-corrected chi connectivity index (χ2v) is 9.76. The summed E-state index contributed by atoms with van der Waals surface area (Å²) < 4.78 is 0. The molecule has 5 aromatic rings. The van der Waals surface area contributed by atoms with E-state index in [9.17, 15) is 0 Å². The van der Waals surface area contributed by atoms with E-state index in [0.717, 1.165) is 11.4 Å². The van der Waals surface area contributed by atoms with Crippen molar-refractivity contribution >= 4 is 34.1 Å². The van der Waals surface area contributed by atoms with Gasteiger partial charge in [0.2, 0.25) is 0 Å². The quantitative estimate of drug-likeness (QED) is 0.248. The topological polar surface area (TPSA) is 6.48 Å². The molecule has 2 aliphatic rings. The zero-order valence-corrected chi connectivity index (χ0v) is 20.3. The van der Waals surface area contributed by atoms with Crippen LogP contribution in [0.4, 0.5) is 34.1 Å². The van der Waals surface area contributed by atoms with Crippen molar-refractivity contribution in [3.8, 4) is 0 Å². The fourth-order valence-corrected chi connectivity index (χ4v) is 5.44. The second-order valence-electron chi connectivity index (χ2n) is 9.76. The Morgan fingerprint density at radius 1 is 0.306 bits per heavy atom. The van der Waals surface area contributed by atoms with Gasteiger partial charge in [-0.3, -0.25) is 0 Å². The van der Waals surface area contributed by atoms with Crippen molar-refractivity contribution in [1.29, 1.82) is 0 Å². The summed E-state index contributed by atoms with van der Waals surface area (Å²) in [6.45, 7) is 0. The first-order valence-electron chi connectivity index (χ1n) is 12.9. The van der Waals surface area contributed by atoms with E-state index in [2.05, 4.69) is 131 Å². The molecule has 2 aliphatic carbocycles. The smallest absolute Gasteiger partial charge is 0.0464 e. The van der Waals surface area contributed by atoms with Crippen molar-refractivity contribution in [2.45, 2.75) is 25.7 Å². The molecular formula is C34H28N2. The van der Waals surface area contributed by atoms with Crippen molar-refractivity contribution in [3.05, 3.63) is 144 Å². The first-order valence-corrected chi connectivity index (χ1v) is 12.9. The summed E-state index contributed by atoms with van der Waals surface area (Å²) in [5.41, 5.74) is 13.0. The lowest BCUT2D eigenvalue weighted by Gasteiger charge is -2.30. The molecule has 0 N–H and O–H groups in total. The number of hydrogen-bond donors (Lipinski definition) is 0. The molecule has 0 unspecified atom stereocenters. The first kappa shape index (κ1) is 21.0. The molecule has 0 bridgehead atoms. The van der Waals surface area contributed by atoms with Crippen LogP contribution in [0.5, 0.6) is 0 Å². The van der Waals surface area contributed by atoms with Gasteiger partial charge in [0, 0.05) is 34.1 Å². The molecular weight excluding hydrogens is 436 g/mol. The molecule has 0 fully saturated rings. The summed E-state index contributed by atoms with van der Waals surface area (Å²) in [4.78, 5) is 4.72. The molecule has 0 amide bonds. The molecule has 2 nitrogen and oxygen atoms in total. The molecule has 0 radical (unpaired) electrons. The highest BCUT2D eigenvalue weighted by Crippen LogP contribution is 2.41. The van der Waals surface area contributed by atoms with Gasteiger partial charge in [-0.1, -0.05) is 48.5 Å². The Hall–Kier alpha value is -4.30. The van der Waals surface area contributed by atoms with Crippen LogP contribution in [0.25, 0.3) is 0 Å². The number of aryl methyl sites for hydroxylation is 4. The average Bonchev–Trinajstić information content (AvgIpc) is 2.89. The minimum absolute atomic E-state index is 1.16. The van der Waals surface area contributed by atoms with Gasteiger partial charge in [-0.2, -0.15) is 0 Å². The number of fused-ring (bicyclic) bond motifs is 2. The average molecular weight is 465 g/mol. The Morgan fingerprint density at radius 3 is 0.972 bits per heavy atom. The fourth-order valence-electron chi connectivity index (χ4n) is 5.44. The monoisotopic (exact) mass is 464 g/mol. The lowest BCUT2D eigenvalue weighted by molar-refractivity contribution is 0.839. The van der Waals surface area contributed by atoms with Gasteiger partial charge in [-0.05, 0) is 121 Å². The SMILES string of the molecule is c1ccc(N(c2ccc(N(c3ccccc3)c3ccc4c(c3)CC4)cc2)c2ccc3c(c2)CC3)cc1. The van der Waals surface area contributed by atoms with Crippen LogP contribution in [-0.4, -0.2) is 0 Å². The van der Waals surface area contributed by atoms with E-state index in [1.54, 1.807) is 0 Å². The number of rotatable bonds is 6. The highest BCUT2D eigenvalue weighted by atomic mass is 15.2. The van der Waals surface area contributed by atoms with Gasteiger partial charge < -0.3 is 9.80 Å². The predicted molar refractivity (Wildman–Crippen MR) is 151 cm³/mol. The third-order valence-corrected chi connectivity index (χ3v) is 7.62. The normalized spacial score (nSPS) is 13.1. The maximum Gasteiger partial charge on any atom is 0.0464 e. The van der Waals surface area contributed by atoms with Crippen LogP contribution in [0, 0.1) is 0 Å². The number of anilines is 6. The van der Waals surface area contributed by atoms with Crippen molar-refractivity contribution in [2.24, 2.45) is 0 Å². The molecule has 5 aromatic carbocycles. The third kappa shape index (κ3) is 3.67. The molecule has 0 saturated heterocycles.